The molecule has 0 aliphatic carbocycles. The van der Waals surface area contributed by atoms with E-state index < -0.39 is 5.54 Å². The maximum atomic E-state index is 12.0. The Labute approximate surface area is 214 Å². The number of fused-ring (bicyclic) bond motifs is 1. The lowest BCUT2D eigenvalue weighted by Gasteiger charge is -2.31. The third-order valence-corrected chi connectivity index (χ3v) is 6.33. The first kappa shape index (κ1) is 25.1. The maximum absolute atomic E-state index is 12.0. The van der Waals surface area contributed by atoms with E-state index in [-0.39, 0.29) is 5.78 Å². The lowest BCUT2D eigenvalue weighted by atomic mass is 9.88. The zero-order valence-electron chi connectivity index (χ0n) is 20.8. The molecule has 0 aromatic heterocycles. The second-order valence-corrected chi connectivity index (χ2v) is 9.13. The minimum absolute atomic E-state index is 0.0467. The van der Waals surface area contributed by atoms with Crippen LogP contribution >= 0.6 is 0 Å². The summed E-state index contributed by atoms with van der Waals surface area (Å²) in [5, 5.41) is 6.31. The molecule has 4 rings (SSSR count). The number of nitrogens with one attached hydrogen (secondary N) is 1. The molecule has 0 aliphatic heterocycles. The first-order valence-electron chi connectivity index (χ1n) is 12.5. The molecule has 0 amide bonds. The van der Waals surface area contributed by atoms with Gasteiger partial charge < -0.3 is 5.32 Å². The Balaban J connectivity index is 1.64. The third kappa shape index (κ3) is 7.24. The number of benzene rings is 4. The summed E-state index contributed by atoms with van der Waals surface area (Å²) in [5.41, 5.74) is 3.15. The van der Waals surface area contributed by atoms with Crippen LogP contribution in [0.25, 0.3) is 22.9 Å². The summed E-state index contributed by atoms with van der Waals surface area (Å²) < 4.78 is 0. The van der Waals surface area contributed by atoms with E-state index in [9.17, 15) is 4.79 Å². The molecule has 4 aromatic rings. The standard InChI is InChI=1S/C34H33NO/c1-28(36)23-26-34(24-11-17-29-13-4-2-5-14-29,25-12-18-30-15-6-3-7-16-30)35-27-32-21-10-20-31-19-8-9-22-33(31)32/h2-23,26,35H,24-25,27H2,1H3/b17-11+,18-12+,26-23+. The van der Waals surface area contributed by atoms with Crippen molar-refractivity contribution in [2.45, 2.75) is 31.8 Å². The second kappa shape index (κ2) is 12.6. The van der Waals surface area contributed by atoms with Gasteiger partial charge in [0.05, 0.1) is 0 Å². The molecule has 180 valence electrons. The van der Waals surface area contributed by atoms with Crippen molar-refractivity contribution < 1.29 is 4.79 Å². The molecule has 4 aromatic carbocycles. The van der Waals surface area contributed by atoms with E-state index in [1.165, 1.54) is 16.3 Å². The Morgan fingerprint density at radius 3 is 1.89 bits per heavy atom. The van der Waals surface area contributed by atoms with E-state index in [4.69, 9.17) is 0 Å². The zero-order valence-corrected chi connectivity index (χ0v) is 20.8. The molecule has 0 aliphatic rings. The predicted octanol–water partition coefficient (Wildman–Crippen LogP) is 8.02. The van der Waals surface area contributed by atoms with Crippen LogP contribution in [0.3, 0.4) is 0 Å². The summed E-state index contributed by atoms with van der Waals surface area (Å²) in [6.45, 7) is 2.30. The molecule has 0 radical (unpaired) electrons. The SMILES string of the molecule is CC(=O)/C=C/C(C/C=C/c1ccccc1)(C/C=C/c1ccccc1)NCc1cccc2ccccc12. The van der Waals surface area contributed by atoms with Gasteiger partial charge in [0, 0.05) is 12.1 Å². The molecule has 0 saturated carbocycles. The van der Waals surface area contributed by atoms with Gasteiger partial charge in [-0.2, -0.15) is 0 Å². The topological polar surface area (TPSA) is 29.1 Å². The van der Waals surface area contributed by atoms with Crippen molar-refractivity contribution in [3.63, 3.8) is 0 Å². The van der Waals surface area contributed by atoms with Gasteiger partial charge in [-0.3, -0.25) is 4.79 Å². The van der Waals surface area contributed by atoms with Crippen LogP contribution in [0.4, 0.5) is 0 Å². The summed E-state index contributed by atoms with van der Waals surface area (Å²) >= 11 is 0. The third-order valence-electron chi connectivity index (χ3n) is 6.33. The largest absolute Gasteiger partial charge is 0.303 e. The molecule has 0 saturated heterocycles. The Morgan fingerprint density at radius 1 is 0.722 bits per heavy atom. The summed E-state index contributed by atoms with van der Waals surface area (Å²) in [7, 11) is 0. The van der Waals surface area contributed by atoms with Gasteiger partial charge in [0.2, 0.25) is 0 Å². The van der Waals surface area contributed by atoms with Gasteiger partial charge >= 0.3 is 0 Å². The molecular weight excluding hydrogens is 438 g/mol. The number of hydrogen-bond acceptors (Lipinski definition) is 2. The Kier molecular flexibility index (Phi) is 8.80. The van der Waals surface area contributed by atoms with E-state index in [1.54, 1.807) is 13.0 Å². The van der Waals surface area contributed by atoms with Crippen LogP contribution in [0.1, 0.15) is 36.5 Å². The monoisotopic (exact) mass is 471 g/mol. The summed E-state index contributed by atoms with van der Waals surface area (Å²) in [4.78, 5) is 12.0. The fourth-order valence-electron chi connectivity index (χ4n) is 4.36. The van der Waals surface area contributed by atoms with Crippen LogP contribution in [0, 0.1) is 0 Å². The van der Waals surface area contributed by atoms with E-state index >= 15 is 0 Å². The van der Waals surface area contributed by atoms with Gasteiger partial charge in [-0.05, 0) is 53.3 Å². The van der Waals surface area contributed by atoms with Crippen LogP contribution in [-0.2, 0) is 11.3 Å². The average molecular weight is 472 g/mol. The van der Waals surface area contributed by atoms with Crippen molar-refractivity contribution in [2.75, 3.05) is 0 Å². The van der Waals surface area contributed by atoms with Crippen molar-refractivity contribution >= 4 is 28.7 Å². The highest BCUT2D eigenvalue weighted by atomic mass is 16.1. The number of carbonyl (C=O) groups excluding carboxylic acids is 1. The zero-order chi connectivity index (χ0) is 25.1. The van der Waals surface area contributed by atoms with E-state index in [2.05, 4.69) is 96.4 Å². The van der Waals surface area contributed by atoms with Crippen molar-refractivity contribution in [1.29, 1.82) is 0 Å². The van der Waals surface area contributed by atoms with Crippen molar-refractivity contribution in [1.82, 2.24) is 5.32 Å². The van der Waals surface area contributed by atoms with Crippen LogP contribution in [0.5, 0.6) is 0 Å². The first-order valence-corrected chi connectivity index (χ1v) is 12.5. The van der Waals surface area contributed by atoms with Gasteiger partial charge in [0.15, 0.2) is 5.78 Å². The lowest BCUT2D eigenvalue weighted by molar-refractivity contribution is -0.112. The Bertz CT molecular complexity index is 1290. The molecule has 0 atom stereocenters. The molecule has 0 unspecified atom stereocenters. The predicted molar refractivity (Wildman–Crippen MR) is 154 cm³/mol. The van der Waals surface area contributed by atoms with E-state index in [0.717, 1.165) is 24.0 Å². The van der Waals surface area contributed by atoms with Gasteiger partial charge in [0.1, 0.15) is 0 Å². The number of carbonyl (C=O) groups is 1. The lowest BCUT2D eigenvalue weighted by Crippen LogP contribution is -2.42. The average Bonchev–Trinajstić information content (AvgIpc) is 2.92. The van der Waals surface area contributed by atoms with Crippen LogP contribution < -0.4 is 5.32 Å². The molecule has 0 spiro atoms. The minimum atomic E-state index is -0.417. The quantitative estimate of drug-likeness (QED) is 0.224. The van der Waals surface area contributed by atoms with Crippen LogP contribution in [0.2, 0.25) is 0 Å². The number of allylic oxidation sites excluding steroid dienone is 1. The normalized spacial score (nSPS) is 12.2. The van der Waals surface area contributed by atoms with Crippen molar-refractivity contribution in [3.8, 4) is 0 Å². The summed E-state index contributed by atoms with van der Waals surface area (Å²) in [6, 6.07) is 35.5. The first-order chi connectivity index (χ1) is 17.6. The highest BCUT2D eigenvalue weighted by Gasteiger charge is 2.24. The number of ketones is 1. The maximum Gasteiger partial charge on any atom is 0.152 e. The fourth-order valence-corrected chi connectivity index (χ4v) is 4.36. The summed E-state index contributed by atoms with van der Waals surface area (Å²) in [6.07, 6.45) is 13.9. The molecule has 1 N–H and O–H groups in total. The molecule has 0 heterocycles. The highest BCUT2D eigenvalue weighted by Crippen LogP contribution is 2.24. The second-order valence-electron chi connectivity index (χ2n) is 9.13. The minimum Gasteiger partial charge on any atom is -0.303 e. The number of rotatable bonds is 11. The van der Waals surface area contributed by atoms with Gasteiger partial charge in [-0.15, -0.1) is 0 Å². The Morgan fingerprint density at radius 2 is 1.28 bits per heavy atom. The molecular formula is C34H33NO. The number of hydrogen-bond donors (Lipinski definition) is 1. The van der Waals surface area contributed by atoms with E-state index in [0.29, 0.717) is 6.54 Å². The molecule has 2 heteroatoms. The molecule has 0 fully saturated rings. The molecule has 36 heavy (non-hydrogen) atoms. The fraction of sp³-hybridized carbons (Fsp3) is 0.147. The van der Waals surface area contributed by atoms with Gasteiger partial charge in [-0.1, -0.05) is 134 Å². The van der Waals surface area contributed by atoms with Crippen molar-refractivity contribution in [3.05, 3.63) is 144 Å². The smallest absolute Gasteiger partial charge is 0.152 e. The summed E-state index contributed by atoms with van der Waals surface area (Å²) in [5.74, 6) is 0.0467. The van der Waals surface area contributed by atoms with E-state index in [1.807, 2.05) is 42.5 Å². The van der Waals surface area contributed by atoms with Crippen LogP contribution in [-0.4, -0.2) is 11.3 Å². The van der Waals surface area contributed by atoms with Crippen LogP contribution in [0.15, 0.2) is 127 Å². The van der Waals surface area contributed by atoms with Gasteiger partial charge in [0.25, 0.3) is 0 Å². The Hall–Kier alpha value is -4.01. The molecule has 2 nitrogen and oxygen atoms in total. The highest BCUT2D eigenvalue weighted by molar-refractivity contribution is 5.87. The van der Waals surface area contributed by atoms with Crippen molar-refractivity contribution in [2.24, 2.45) is 0 Å². The molecule has 0 bridgehead atoms. The van der Waals surface area contributed by atoms with Gasteiger partial charge in [-0.25, -0.2) is 0 Å².